The second kappa shape index (κ2) is 10.4. The molecule has 0 aliphatic carbocycles. The number of aryl methyl sites for hydroxylation is 1. The van der Waals surface area contributed by atoms with Crippen molar-refractivity contribution in [2.24, 2.45) is 0 Å². The maximum absolute atomic E-state index is 12.1. The van der Waals surface area contributed by atoms with Gasteiger partial charge in [0.25, 0.3) is 5.91 Å². The van der Waals surface area contributed by atoms with Crippen molar-refractivity contribution in [3.05, 3.63) is 58.1 Å². The van der Waals surface area contributed by atoms with E-state index in [1.165, 1.54) is 0 Å². The van der Waals surface area contributed by atoms with E-state index in [9.17, 15) is 4.79 Å². The Kier molecular flexibility index (Phi) is 8.97. The zero-order valence-electron chi connectivity index (χ0n) is 14.6. The minimum absolute atomic E-state index is 0. The fraction of sp³-hybridized carbons (Fsp3) is 0.316. The Morgan fingerprint density at radius 1 is 1.16 bits per heavy atom. The molecule has 0 spiro atoms. The fourth-order valence-corrected chi connectivity index (χ4v) is 2.53. The Morgan fingerprint density at radius 3 is 2.48 bits per heavy atom. The number of amides is 1. The lowest BCUT2D eigenvalue weighted by Gasteiger charge is -2.14. The van der Waals surface area contributed by atoms with E-state index in [0.29, 0.717) is 18.3 Å². The molecule has 136 valence electrons. The number of rotatable bonds is 7. The maximum Gasteiger partial charge on any atom is 0.262 e. The molecule has 0 atom stereocenters. The first kappa shape index (κ1) is 21.5. The van der Waals surface area contributed by atoms with E-state index in [2.05, 4.69) is 40.4 Å². The molecule has 0 aliphatic rings. The predicted molar refractivity (Wildman–Crippen MR) is 109 cm³/mol. The van der Waals surface area contributed by atoms with Crippen LogP contribution in [0.1, 0.15) is 25.0 Å². The van der Waals surface area contributed by atoms with Crippen molar-refractivity contribution in [2.75, 3.05) is 11.9 Å². The van der Waals surface area contributed by atoms with E-state index in [0.717, 1.165) is 21.3 Å². The minimum atomic E-state index is -0.176. The van der Waals surface area contributed by atoms with Crippen molar-refractivity contribution in [2.45, 2.75) is 33.4 Å². The summed E-state index contributed by atoms with van der Waals surface area (Å²) in [6.45, 7) is 6.85. The molecule has 0 unspecified atom stereocenters. The van der Waals surface area contributed by atoms with Gasteiger partial charge < -0.3 is 15.4 Å². The highest BCUT2D eigenvalue weighted by molar-refractivity contribution is 9.10. The Hall–Kier alpha value is -1.56. The van der Waals surface area contributed by atoms with Gasteiger partial charge in [-0.15, -0.1) is 12.4 Å². The van der Waals surface area contributed by atoms with Gasteiger partial charge in [0, 0.05) is 28.3 Å². The first-order valence-corrected chi connectivity index (χ1v) is 8.74. The van der Waals surface area contributed by atoms with Crippen LogP contribution in [0.5, 0.6) is 5.75 Å². The lowest BCUT2D eigenvalue weighted by atomic mass is 10.2. The van der Waals surface area contributed by atoms with Crippen molar-refractivity contribution in [1.82, 2.24) is 5.32 Å². The number of anilines is 1. The fourth-order valence-electron chi connectivity index (χ4n) is 2.12. The highest BCUT2D eigenvalue weighted by atomic mass is 79.9. The van der Waals surface area contributed by atoms with Gasteiger partial charge in [0.1, 0.15) is 5.75 Å². The van der Waals surface area contributed by atoms with Gasteiger partial charge in [-0.05, 0) is 37.3 Å². The molecular weight excluding hydrogens is 404 g/mol. The molecule has 0 heterocycles. The molecule has 0 radical (unpaired) electrons. The summed E-state index contributed by atoms with van der Waals surface area (Å²) in [6.07, 6.45) is 0. The molecule has 4 nitrogen and oxygen atoms in total. The number of benzene rings is 2. The van der Waals surface area contributed by atoms with Crippen LogP contribution in [0.3, 0.4) is 0 Å². The van der Waals surface area contributed by atoms with E-state index < -0.39 is 0 Å². The molecule has 0 aliphatic heterocycles. The molecule has 0 saturated heterocycles. The van der Waals surface area contributed by atoms with Crippen molar-refractivity contribution in [1.29, 1.82) is 0 Å². The summed E-state index contributed by atoms with van der Waals surface area (Å²) >= 11 is 3.47. The highest BCUT2D eigenvalue weighted by Gasteiger charge is 2.09. The molecule has 2 N–H and O–H groups in total. The van der Waals surface area contributed by atoms with Gasteiger partial charge in [-0.2, -0.15) is 0 Å². The third-order valence-electron chi connectivity index (χ3n) is 3.42. The summed E-state index contributed by atoms with van der Waals surface area (Å²) in [7, 11) is 0. The topological polar surface area (TPSA) is 50.4 Å². The number of hydrogen-bond donors (Lipinski definition) is 2. The van der Waals surface area contributed by atoms with E-state index in [4.69, 9.17) is 4.74 Å². The van der Waals surface area contributed by atoms with E-state index in [-0.39, 0.29) is 24.9 Å². The third kappa shape index (κ3) is 7.46. The van der Waals surface area contributed by atoms with E-state index in [1.807, 2.05) is 49.4 Å². The van der Waals surface area contributed by atoms with Gasteiger partial charge in [0.2, 0.25) is 0 Å². The molecule has 2 aromatic carbocycles. The second-order valence-corrected chi connectivity index (χ2v) is 6.91. The monoisotopic (exact) mass is 426 g/mol. The minimum Gasteiger partial charge on any atom is -0.483 e. The Labute approximate surface area is 163 Å². The zero-order valence-corrected chi connectivity index (χ0v) is 17.0. The van der Waals surface area contributed by atoms with Crippen LogP contribution >= 0.6 is 28.3 Å². The molecule has 6 heteroatoms. The molecule has 0 fully saturated rings. The van der Waals surface area contributed by atoms with Gasteiger partial charge >= 0.3 is 0 Å². The number of halogens is 2. The van der Waals surface area contributed by atoms with Crippen molar-refractivity contribution >= 4 is 39.9 Å². The predicted octanol–water partition coefficient (Wildman–Crippen LogP) is 4.69. The molecule has 25 heavy (non-hydrogen) atoms. The largest absolute Gasteiger partial charge is 0.483 e. The molecular formula is C19H24BrClN2O2. The average Bonchev–Trinajstić information content (AvgIpc) is 2.54. The summed E-state index contributed by atoms with van der Waals surface area (Å²) in [5.41, 5.74) is 2.94. The van der Waals surface area contributed by atoms with Crippen LogP contribution < -0.4 is 15.4 Å². The maximum atomic E-state index is 12.1. The van der Waals surface area contributed by atoms with Gasteiger partial charge in [0.05, 0.1) is 0 Å². The van der Waals surface area contributed by atoms with Crippen LogP contribution in [0, 0.1) is 6.92 Å². The lowest BCUT2D eigenvalue weighted by molar-refractivity contribution is -0.118. The van der Waals surface area contributed by atoms with Crippen molar-refractivity contribution in [3.63, 3.8) is 0 Å². The first-order chi connectivity index (χ1) is 11.4. The summed E-state index contributed by atoms with van der Waals surface area (Å²) in [4.78, 5) is 12.1. The molecule has 0 bridgehead atoms. The van der Waals surface area contributed by atoms with Crippen LogP contribution in [-0.4, -0.2) is 18.6 Å². The van der Waals surface area contributed by atoms with Crippen LogP contribution in [0.15, 0.2) is 46.9 Å². The Balaban J connectivity index is 0.00000312. The molecule has 1 amide bonds. The SMILES string of the molecule is Cc1ccc(NC(=O)COc2ccc(Br)cc2CNC(C)C)cc1.Cl. The second-order valence-electron chi connectivity index (χ2n) is 5.99. The summed E-state index contributed by atoms with van der Waals surface area (Å²) < 4.78 is 6.69. The number of nitrogens with one attached hydrogen (secondary N) is 2. The summed E-state index contributed by atoms with van der Waals surface area (Å²) in [5, 5.41) is 6.19. The highest BCUT2D eigenvalue weighted by Crippen LogP contribution is 2.23. The van der Waals surface area contributed by atoms with Crippen LogP contribution in [-0.2, 0) is 11.3 Å². The van der Waals surface area contributed by atoms with Gasteiger partial charge in [0.15, 0.2) is 6.61 Å². The lowest BCUT2D eigenvalue weighted by Crippen LogP contribution is -2.23. The van der Waals surface area contributed by atoms with Crippen molar-refractivity contribution < 1.29 is 9.53 Å². The van der Waals surface area contributed by atoms with Gasteiger partial charge in [-0.1, -0.05) is 47.5 Å². The Bertz CT molecular complexity index is 690. The molecule has 2 rings (SSSR count). The number of carbonyl (C=O) groups is 1. The quantitative estimate of drug-likeness (QED) is 0.673. The van der Waals surface area contributed by atoms with E-state index in [1.54, 1.807) is 0 Å². The number of carbonyl (C=O) groups excluding carboxylic acids is 1. The standard InChI is InChI=1S/C19H23BrN2O2.ClH/c1-13(2)21-11-15-10-16(20)6-9-18(15)24-12-19(23)22-17-7-4-14(3)5-8-17;/h4-10,13,21H,11-12H2,1-3H3,(H,22,23);1H. The van der Waals surface area contributed by atoms with Gasteiger partial charge in [-0.25, -0.2) is 0 Å². The third-order valence-corrected chi connectivity index (χ3v) is 3.91. The molecule has 0 saturated carbocycles. The molecule has 2 aromatic rings. The van der Waals surface area contributed by atoms with Crippen LogP contribution in [0.25, 0.3) is 0 Å². The van der Waals surface area contributed by atoms with E-state index >= 15 is 0 Å². The van der Waals surface area contributed by atoms with Crippen molar-refractivity contribution in [3.8, 4) is 5.75 Å². The van der Waals surface area contributed by atoms with Gasteiger partial charge in [-0.3, -0.25) is 4.79 Å². The average molecular weight is 428 g/mol. The van der Waals surface area contributed by atoms with Crippen LogP contribution in [0.2, 0.25) is 0 Å². The smallest absolute Gasteiger partial charge is 0.262 e. The first-order valence-electron chi connectivity index (χ1n) is 7.95. The molecule has 0 aromatic heterocycles. The normalized spacial score (nSPS) is 10.3. The number of hydrogen-bond acceptors (Lipinski definition) is 3. The number of ether oxygens (including phenoxy) is 1. The summed E-state index contributed by atoms with van der Waals surface area (Å²) in [6, 6.07) is 13.8. The zero-order chi connectivity index (χ0) is 17.5. The Morgan fingerprint density at radius 2 is 1.84 bits per heavy atom. The van der Waals surface area contributed by atoms with Crippen LogP contribution in [0.4, 0.5) is 5.69 Å². The summed E-state index contributed by atoms with van der Waals surface area (Å²) in [5.74, 6) is 0.537.